The Labute approximate surface area is 139 Å². The van der Waals surface area contributed by atoms with Crippen LogP contribution in [0.2, 0.25) is 0 Å². The second-order valence-corrected chi connectivity index (χ2v) is 8.16. The van der Waals surface area contributed by atoms with Crippen LogP contribution in [0.25, 0.3) is 22.2 Å². The molecule has 0 amide bonds. The summed E-state index contributed by atoms with van der Waals surface area (Å²) in [7, 11) is -3.24. The monoisotopic (exact) mass is 343 g/mol. The van der Waals surface area contributed by atoms with E-state index in [-0.39, 0.29) is 0 Å². The Balaban J connectivity index is 1.90. The highest BCUT2D eigenvalue weighted by atomic mass is 32.2. The zero-order valence-corrected chi connectivity index (χ0v) is 14.2. The second-order valence-electron chi connectivity index (χ2n) is 6.18. The molecule has 0 unspecified atom stereocenters. The molecule has 1 aromatic carbocycles. The Hall–Kier alpha value is -2.25. The number of sulfone groups is 1. The maximum Gasteiger partial charge on any atom is 0.175 e. The van der Waals surface area contributed by atoms with Crippen molar-refractivity contribution in [2.24, 2.45) is 0 Å². The van der Waals surface area contributed by atoms with Gasteiger partial charge < -0.3 is 4.74 Å². The first-order valence-electron chi connectivity index (χ1n) is 7.67. The van der Waals surface area contributed by atoms with Gasteiger partial charge in [-0.2, -0.15) is 5.10 Å². The molecule has 1 fully saturated rings. The molecule has 1 aliphatic rings. The molecule has 7 heteroatoms. The minimum absolute atomic E-state index is 0.300. The van der Waals surface area contributed by atoms with E-state index in [9.17, 15) is 8.42 Å². The number of ether oxygens (including phenoxy) is 1. The van der Waals surface area contributed by atoms with Gasteiger partial charge >= 0.3 is 0 Å². The van der Waals surface area contributed by atoms with Crippen LogP contribution in [0.3, 0.4) is 0 Å². The van der Waals surface area contributed by atoms with Crippen LogP contribution >= 0.6 is 0 Å². The summed E-state index contributed by atoms with van der Waals surface area (Å²) in [5.41, 5.74) is 4.29. The van der Waals surface area contributed by atoms with Gasteiger partial charge in [-0.05, 0) is 30.7 Å². The number of rotatable bonds is 3. The molecule has 4 rings (SSSR count). The summed E-state index contributed by atoms with van der Waals surface area (Å²) in [5, 5.41) is 8.46. The molecule has 0 aliphatic carbocycles. The van der Waals surface area contributed by atoms with Crippen molar-refractivity contribution in [2.45, 2.75) is 17.7 Å². The van der Waals surface area contributed by atoms with Gasteiger partial charge in [-0.15, -0.1) is 0 Å². The van der Waals surface area contributed by atoms with Gasteiger partial charge in [0.25, 0.3) is 0 Å². The number of hydrogen-bond donors (Lipinski definition) is 1. The van der Waals surface area contributed by atoms with E-state index in [0.29, 0.717) is 29.6 Å². The third-order valence-corrected chi connectivity index (χ3v) is 5.65. The Morgan fingerprint density at radius 3 is 2.67 bits per heavy atom. The number of pyridine rings is 1. The van der Waals surface area contributed by atoms with Gasteiger partial charge in [-0.1, -0.05) is 6.07 Å². The molecule has 0 bridgehead atoms. The summed E-state index contributed by atoms with van der Waals surface area (Å²) in [4.78, 5) is 4.88. The average molecular weight is 343 g/mol. The predicted molar refractivity (Wildman–Crippen MR) is 90.7 cm³/mol. The molecule has 3 heterocycles. The molecule has 0 saturated carbocycles. The molecule has 6 nitrogen and oxygen atoms in total. The SMILES string of the molecule is Cc1cc(-c2nccc3n[nH]c(C4COC4)c23)ccc1S(C)(=O)=O. The van der Waals surface area contributed by atoms with Gasteiger partial charge in [0, 0.05) is 29.3 Å². The highest BCUT2D eigenvalue weighted by Gasteiger charge is 2.26. The molecule has 0 spiro atoms. The minimum Gasteiger partial charge on any atom is -0.380 e. The normalized spacial score (nSPS) is 15.6. The number of benzene rings is 1. The quantitative estimate of drug-likeness (QED) is 0.789. The molecule has 1 saturated heterocycles. The van der Waals surface area contributed by atoms with Crippen molar-refractivity contribution < 1.29 is 13.2 Å². The first-order chi connectivity index (χ1) is 11.4. The van der Waals surface area contributed by atoms with E-state index in [2.05, 4.69) is 15.2 Å². The van der Waals surface area contributed by atoms with E-state index in [1.54, 1.807) is 25.3 Å². The molecule has 3 aromatic rings. The van der Waals surface area contributed by atoms with E-state index in [1.807, 2.05) is 12.1 Å². The van der Waals surface area contributed by atoms with Crippen molar-refractivity contribution in [3.05, 3.63) is 41.7 Å². The Kier molecular flexibility index (Phi) is 3.43. The largest absolute Gasteiger partial charge is 0.380 e. The fourth-order valence-corrected chi connectivity index (χ4v) is 4.08. The fourth-order valence-electron chi connectivity index (χ4n) is 3.12. The second kappa shape index (κ2) is 5.39. The molecule has 124 valence electrons. The number of nitrogens with one attached hydrogen (secondary N) is 1. The molecule has 1 N–H and O–H groups in total. The molecular weight excluding hydrogens is 326 g/mol. The zero-order valence-electron chi connectivity index (χ0n) is 13.4. The van der Waals surface area contributed by atoms with Crippen molar-refractivity contribution in [3.8, 4) is 11.3 Å². The number of hydrogen-bond acceptors (Lipinski definition) is 5. The van der Waals surface area contributed by atoms with E-state index >= 15 is 0 Å². The van der Waals surface area contributed by atoms with E-state index in [0.717, 1.165) is 27.9 Å². The summed E-state index contributed by atoms with van der Waals surface area (Å²) < 4.78 is 28.9. The van der Waals surface area contributed by atoms with E-state index in [1.165, 1.54) is 6.26 Å². The number of aryl methyl sites for hydroxylation is 1. The molecule has 1 aliphatic heterocycles. The number of fused-ring (bicyclic) bond motifs is 1. The van der Waals surface area contributed by atoms with E-state index < -0.39 is 9.84 Å². The molecule has 0 atom stereocenters. The van der Waals surface area contributed by atoms with Crippen LogP contribution in [-0.2, 0) is 14.6 Å². The lowest BCUT2D eigenvalue weighted by Crippen LogP contribution is -2.25. The molecule has 0 radical (unpaired) electrons. The predicted octanol–water partition coefficient (Wildman–Crippen LogP) is 2.45. The van der Waals surface area contributed by atoms with Crippen molar-refractivity contribution in [1.29, 1.82) is 0 Å². The number of H-pyrrole nitrogens is 1. The third-order valence-electron chi connectivity index (χ3n) is 4.39. The van der Waals surface area contributed by atoms with Crippen molar-refractivity contribution in [2.75, 3.05) is 19.5 Å². The van der Waals surface area contributed by atoms with Gasteiger partial charge in [-0.25, -0.2) is 8.42 Å². The molecular formula is C17H17N3O3S. The summed E-state index contributed by atoms with van der Waals surface area (Å²) in [6, 6.07) is 7.19. The summed E-state index contributed by atoms with van der Waals surface area (Å²) in [6.07, 6.45) is 2.94. The van der Waals surface area contributed by atoms with Gasteiger partial charge in [0.05, 0.1) is 35.0 Å². The van der Waals surface area contributed by atoms with Crippen LogP contribution in [0, 0.1) is 6.92 Å². The van der Waals surface area contributed by atoms with Gasteiger partial charge in [0.1, 0.15) is 0 Å². The van der Waals surface area contributed by atoms with Gasteiger partial charge in [0.15, 0.2) is 9.84 Å². The van der Waals surface area contributed by atoms with Crippen LogP contribution in [0.4, 0.5) is 0 Å². The third kappa shape index (κ3) is 2.40. The van der Waals surface area contributed by atoms with Crippen molar-refractivity contribution in [1.82, 2.24) is 15.2 Å². The Morgan fingerprint density at radius 1 is 1.25 bits per heavy atom. The smallest absolute Gasteiger partial charge is 0.175 e. The Morgan fingerprint density at radius 2 is 2.04 bits per heavy atom. The van der Waals surface area contributed by atoms with Crippen LogP contribution in [0.15, 0.2) is 35.4 Å². The first kappa shape index (κ1) is 15.3. The highest BCUT2D eigenvalue weighted by molar-refractivity contribution is 7.90. The number of aromatic nitrogens is 3. The van der Waals surface area contributed by atoms with Gasteiger partial charge in [0.2, 0.25) is 0 Å². The maximum atomic E-state index is 11.8. The number of nitrogens with zero attached hydrogens (tertiary/aromatic N) is 2. The highest BCUT2D eigenvalue weighted by Crippen LogP contribution is 2.35. The molecule has 24 heavy (non-hydrogen) atoms. The molecule has 2 aromatic heterocycles. The minimum atomic E-state index is -3.24. The fraction of sp³-hybridized carbons (Fsp3) is 0.294. The number of aromatic amines is 1. The maximum absolute atomic E-state index is 11.8. The van der Waals surface area contributed by atoms with Crippen LogP contribution in [0.1, 0.15) is 17.2 Å². The van der Waals surface area contributed by atoms with Crippen molar-refractivity contribution in [3.63, 3.8) is 0 Å². The summed E-state index contributed by atoms with van der Waals surface area (Å²) >= 11 is 0. The first-order valence-corrected chi connectivity index (χ1v) is 9.56. The zero-order chi connectivity index (χ0) is 16.9. The lowest BCUT2D eigenvalue weighted by Gasteiger charge is -2.25. The van der Waals surface area contributed by atoms with Crippen molar-refractivity contribution >= 4 is 20.7 Å². The lowest BCUT2D eigenvalue weighted by molar-refractivity contribution is 0.00725. The van der Waals surface area contributed by atoms with Crippen LogP contribution < -0.4 is 0 Å². The van der Waals surface area contributed by atoms with Crippen LogP contribution in [0.5, 0.6) is 0 Å². The van der Waals surface area contributed by atoms with E-state index in [4.69, 9.17) is 4.74 Å². The summed E-state index contributed by atoms with van der Waals surface area (Å²) in [5.74, 6) is 0.300. The average Bonchev–Trinajstić information content (AvgIpc) is 2.88. The Bertz CT molecular complexity index is 1040. The summed E-state index contributed by atoms with van der Waals surface area (Å²) in [6.45, 7) is 3.16. The lowest BCUT2D eigenvalue weighted by atomic mass is 9.97. The van der Waals surface area contributed by atoms with Gasteiger partial charge in [-0.3, -0.25) is 10.1 Å². The van der Waals surface area contributed by atoms with Crippen LogP contribution in [-0.4, -0.2) is 43.1 Å². The standard InChI is InChI=1S/C17H17N3O3S/c1-10-7-11(3-4-14(10)24(2,21)22)16-15-13(5-6-18-16)19-20-17(15)12-8-23-9-12/h3-7,12H,8-9H2,1-2H3,(H,19,20). The topological polar surface area (TPSA) is 84.9 Å².